The van der Waals surface area contributed by atoms with Gasteiger partial charge in [-0.15, -0.1) is 0 Å². The number of fused-ring (bicyclic) bond motifs is 3. The van der Waals surface area contributed by atoms with Crippen molar-refractivity contribution in [1.82, 2.24) is 19.6 Å². The summed E-state index contributed by atoms with van der Waals surface area (Å²) in [6.07, 6.45) is 1.35. The number of alkyl halides is 3. The van der Waals surface area contributed by atoms with Crippen molar-refractivity contribution in [3.63, 3.8) is 0 Å². The minimum absolute atomic E-state index is 0.272. The average molecular weight is 565 g/mol. The summed E-state index contributed by atoms with van der Waals surface area (Å²) in [4.78, 5) is 11.4. The minimum atomic E-state index is -4.44. The van der Waals surface area contributed by atoms with E-state index in [1.54, 1.807) is 6.07 Å². The van der Waals surface area contributed by atoms with E-state index in [1.807, 2.05) is 45.8 Å². The molecule has 2 fully saturated rings. The van der Waals surface area contributed by atoms with Crippen LogP contribution in [0.4, 0.5) is 24.5 Å². The van der Waals surface area contributed by atoms with Gasteiger partial charge in [0.2, 0.25) is 0 Å². The standard InChI is InChI=1S/C32H39F3N6/c1-4-36-24-12-16-39(17-13-24)28-10-8-22(20-26(28)32(33,34)35)23-9-11-30-37-27-6-5-7-29(31(27)41(30)21-23)40-18-14-25(15-19-40)38(2)3/h5-11,20-21,24-25,36H,4,12-19H2,1-3H3. The number of imidazole rings is 1. The van der Waals surface area contributed by atoms with Gasteiger partial charge < -0.3 is 20.0 Å². The second kappa shape index (κ2) is 11.2. The third-order valence-corrected chi connectivity index (χ3v) is 8.90. The zero-order valence-electron chi connectivity index (χ0n) is 24.1. The van der Waals surface area contributed by atoms with Gasteiger partial charge in [-0.3, -0.25) is 4.40 Å². The Morgan fingerprint density at radius 1 is 0.878 bits per heavy atom. The van der Waals surface area contributed by atoms with Crippen LogP contribution in [-0.2, 0) is 6.18 Å². The number of anilines is 2. The van der Waals surface area contributed by atoms with E-state index in [2.05, 4.69) is 42.2 Å². The third kappa shape index (κ3) is 5.49. The van der Waals surface area contributed by atoms with Crippen LogP contribution >= 0.6 is 0 Å². The van der Waals surface area contributed by atoms with Gasteiger partial charge in [-0.25, -0.2) is 4.98 Å². The van der Waals surface area contributed by atoms with Gasteiger partial charge in [0.25, 0.3) is 0 Å². The Morgan fingerprint density at radius 3 is 2.24 bits per heavy atom. The smallest absolute Gasteiger partial charge is 0.371 e. The number of benzene rings is 2. The van der Waals surface area contributed by atoms with Crippen LogP contribution in [0.15, 0.2) is 54.7 Å². The highest BCUT2D eigenvalue weighted by molar-refractivity contribution is 5.92. The lowest BCUT2D eigenvalue weighted by Gasteiger charge is -2.36. The maximum atomic E-state index is 14.4. The van der Waals surface area contributed by atoms with E-state index in [0.29, 0.717) is 30.7 Å². The molecule has 0 atom stereocenters. The number of halogens is 3. The summed E-state index contributed by atoms with van der Waals surface area (Å²) in [5, 5.41) is 3.43. The van der Waals surface area contributed by atoms with Crippen molar-refractivity contribution >= 4 is 28.1 Å². The summed E-state index contributed by atoms with van der Waals surface area (Å²) < 4.78 is 45.2. The predicted octanol–water partition coefficient (Wildman–Crippen LogP) is 6.28. The Bertz CT molecular complexity index is 1510. The lowest BCUT2D eigenvalue weighted by Crippen LogP contribution is -2.43. The van der Waals surface area contributed by atoms with Gasteiger partial charge in [-0.2, -0.15) is 13.2 Å². The van der Waals surface area contributed by atoms with Crippen LogP contribution in [0.3, 0.4) is 0 Å². The number of hydrogen-bond donors (Lipinski definition) is 1. The number of nitrogens with zero attached hydrogens (tertiary/aromatic N) is 5. The van der Waals surface area contributed by atoms with Crippen molar-refractivity contribution in [2.24, 2.45) is 0 Å². The Hall–Kier alpha value is -3.30. The van der Waals surface area contributed by atoms with Crippen molar-refractivity contribution in [3.8, 4) is 11.1 Å². The normalized spacial score (nSPS) is 17.8. The first kappa shape index (κ1) is 27.8. The van der Waals surface area contributed by atoms with Crippen LogP contribution in [0.25, 0.3) is 27.8 Å². The fourth-order valence-electron chi connectivity index (χ4n) is 6.62. The minimum Gasteiger partial charge on any atom is -0.371 e. The molecule has 0 saturated carbocycles. The largest absolute Gasteiger partial charge is 0.418 e. The SMILES string of the molecule is CCNC1CCN(c2ccc(-c3ccc4nc5cccc(N6CCC(N(C)C)CC6)c5n4c3)cc2C(F)(F)F)CC1. The van der Waals surface area contributed by atoms with Gasteiger partial charge in [0.1, 0.15) is 5.65 Å². The van der Waals surface area contributed by atoms with Crippen LogP contribution in [0.2, 0.25) is 0 Å². The molecule has 4 aromatic rings. The van der Waals surface area contributed by atoms with Crippen molar-refractivity contribution < 1.29 is 13.2 Å². The summed E-state index contributed by atoms with van der Waals surface area (Å²) in [6.45, 7) is 6.07. The summed E-state index contributed by atoms with van der Waals surface area (Å²) in [7, 11) is 4.27. The number of para-hydroxylation sites is 1. The van der Waals surface area contributed by atoms with E-state index in [1.165, 1.54) is 6.07 Å². The molecule has 9 heteroatoms. The summed E-state index contributed by atoms with van der Waals surface area (Å²) in [5.74, 6) is 0. The van der Waals surface area contributed by atoms with Gasteiger partial charge in [-0.05, 0) is 93.8 Å². The summed E-state index contributed by atoms with van der Waals surface area (Å²) in [5.41, 5.74) is 4.79. The molecule has 218 valence electrons. The zero-order valence-corrected chi connectivity index (χ0v) is 24.1. The van der Waals surface area contributed by atoms with Crippen molar-refractivity contribution in [2.45, 2.75) is 50.9 Å². The molecule has 2 aliphatic heterocycles. The number of nitrogens with one attached hydrogen (secondary N) is 1. The lowest BCUT2D eigenvalue weighted by atomic mass is 9.99. The molecule has 2 aliphatic rings. The fourth-order valence-corrected chi connectivity index (χ4v) is 6.62. The Kier molecular flexibility index (Phi) is 7.59. The molecule has 2 aromatic carbocycles. The molecule has 0 amide bonds. The first-order valence-corrected chi connectivity index (χ1v) is 14.7. The van der Waals surface area contributed by atoms with E-state index in [0.717, 1.165) is 73.2 Å². The molecule has 2 saturated heterocycles. The number of piperidine rings is 2. The number of pyridine rings is 1. The number of hydrogen-bond acceptors (Lipinski definition) is 5. The van der Waals surface area contributed by atoms with Gasteiger partial charge >= 0.3 is 6.18 Å². The van der Waals surface area contributed by atoms with E-state index in [-0.39, 0.29) is 5.69 Å². The van der Waals surface area contributed by atoms with E-state index < -0.39 is 11.7 Å². The van der Waals surface area contributed by atoms with Gasteiger partial charge in [0, 0.05) is 50.1 Å². The molecule has 0 unspecified atom stereocenters. The molecule has 6 rings (SSSR count). The fraction of sp³-hybridized carbons (Fsp3) is 0.469. The topological polar surface area (TPSA) is 39.0 Å². The maximum Gasteiger partial charge on any atom is 0.418 e. The molecule has 0 spiro atoms. The van der Waals surface area contributed by atoms with Crippen LogP contribution in [0, 0.1) is 0 Å². The molecule has 0 aliphatic carbocycles. The monoisotopic (exact) mass is 564 g/mol. The van der Waals surface area contributed by atoms with E-state index in [4.69, 9.17) is 4.98 Å². The highest BCUT2D eigenvalue weighted by Crippen LogP contribution is 2.40. The molecular weight excluding hydrogens is 525 g/mol. The van der Waals surface area contributed by atoms with Crippen LogP contribution < -0.4 is 15.1 Å². The maximum absolute atomic E-state index is 14.4. The molecule has 0 radical (unpaired) electrons. The number of aromatic nitrogens is 2. The lowest BCUT2D eigenvalue weighted by molar-refractivity contribution is -0.137. The highest BCUT2D eigenvalue weighted by atomic mass is 19.4. The molecule has 1 N–H and O–H groups in total. The number of rotatable bonds is 6. The summed E-state index contributed by atoms with van der Waals surface area (Å²) >= 11 is 0. The van der Waals surface area contributed by atoms with Crippen LogP contribution in [0.5, 0.6) is 0 Å². The van der Waals surface area contributed by atoms with Crippen molar-refractivity contribution in [2.75, 3.05) is 56.6 Å². The first-order chi connectivity index (χ1) is 19.7. The zero-order chi connectivity index (χ0) is 28.7. The quantitative estimate of drug-likeness (QED) is 0.298. The third-order valence-electron chi connectivity index (χ3n) is 8.90. The van der Waals surface area contributed by atoms with Crippen LogP contribution in [0.1, 0.15) is 38.2 Å². The van der Waals surface area contributed by atoms with Crippen molar-refractivity contribution in [3.05, 3.63) is 60.3 Å². The van der Waals surface area contributed by atoms with Gasteiger partial charge in [-0.1, -0.05) is 19.1 Å². The Morgan fingerprint density at radius 2 is 1.56 bits per heavy atom. The van der Waals surface area contributed by atoms with Crippen molar-refractivity contribution in [1.29, 1.82) is 0 Å². The summed E-state index contributed by atoms with van der Waals surface area (Å²) in [6, 6.07) is 15.7. The average Bonchev–Trinajstić information content (AvgIpc) is 3.35. The first-order valence-electron chi connectivity index (χ1n) is 14.7. The molecule has 4 heterocycles. The molecule has 2 aromatic heterocycles. The Labute approximate surface area is 239 Å². The second-order valence-electron chi connectivity index (χ2n) is 11.6. The van der Waals surface area contributed by atoms with E-state index >= 15 is 0 Å². The highest BCUT2D eigenvalue weighted by Gasteiger charge is 2.36. The second-order valence-corrected chi connectivity index (χ2v) is 11.6. The van der Waals surface area contributed by atoms with E-state index in [9.17, 15) is 13.2 Å². The van der Waals surface area contributed by atoms with Gasteiger partial charge in [0.15, 0.2) is 0 Å². The predicted molar refractivity (Wildman–Crippen MR) is 161 cm³/mol. The molecule has 41 heavy (non-hydrogen) atoms. The van der Waals surface area contributed by atoms with Gasteiger partial charge in [0.05, 0.1) is 22.3 Å². The molecular formula is C32H39F3N6. The molecule has 0 bridgehead atoms. The molecule has 6 nitrogen and oxygen atoms in total. The Balaban J connectivity index is 1.35. The van der Waals surface area contributed by atoms with Crippen LogP contribution in [-0.4, -0.2) is 73.2 Å².